The van der Waals surface area contributed by atoms with E-state index in [-0.39, 0.29) is 18.6 Å². The van der Waals surface area contributed by atoms with Gasteiger partial charge in [-0.2, -0.15) is 0 Å². The number of hydrogen-bond acceptors (Lipinski definition) is 5. The van der Waals surface area contributed by atoms with Crippen LogP contribution in [0.5, 0.6) is 5.75 Å². The topological polar surface area (TPSA) is 84.9 Å². The van der Waals surface area contributed by atoms with Crippen molar-refractivity contribution in [2.75, 3.05) is 13.7 Å². The van der Waals surface area contributed by atoms with E-state index in [0.29, 0.717) is 11.3 Å². The van der Waals surface area contributed by atoms with Gasteiger partial charge in [0.2, 0.25) is 0 Å². The Hall–Kier alpha value is -2.08. The Kier molecular flexibility index (Phi) is 4.47. The number of amides is 1. The zero-order valence-electron chi connectivity index (χ0n) is 12.3. The summed E-state index contributed by atoms with van der Waals surface area (Å²) in [5.41, 5.74) is 1.39. The number of fused-ring (bicyclic) bond motifs is 1. The molecule has 1 aromatic rings. The molecular weight excluding hydrogens is 274 g/mol. The van der Waals surface area contributed by atoms with Crippen molar-refractivity contribution in [2.45, 2.75) is 32.0 Å². The molecule has 0 saturated carbocycles. The Labute approximate surface area is 123 Å². The Bertz CT molecular complexity index is 557. The normalized spacial score (nSPS) is 21.1. The molecule has 1 aliphatic heterocycles. The highest BCUT2D eigenvalue weighted by Crippen LogP contribution is 2.40. The average molecular weight is 293 g/mol. The molecule has 6 nitrogen and oxygen atoms in total. The molecule has 0 aromatic heterocycles. The van der Waals surface area contributed by atoms with Gasteiger partial charge in [-0.05, 0) is 13.0 Å². The summed E-state index contributed by atoms with van der Waals surface area (Å²) >= 11 is 0. The van der Waals surface area contributed by atoms with Crippen LogP contribution in [0.4, 0.5) is 0 Å². The molecule has 0 radical (unpaired) electrons. The van der Waals surface area contributed by atoms with Crippen molar-refractivity contribution in [3.63, 3.8) is 0 Å². The first-order valence-corrected chi connectivity index (χ1v) is 6.79. The number of carbonyl (C=O) groups excluding carboxylic acids is 2. The van der Waals surface area contributed by atoms with Crippen molar-refractivity contribution in [3.05, 3.63) is 29.3 Å². The highest BCUT2D eigenvalue weighted by atomic mass is 16.5. The van der Waals surface area contributed by atoms with Crippen LogP contribution < -0.4 is 10.1 Å². The predicted molar refractivity (Wildman–Crippen MR) is 75.3 cm³/mol. The van der Waals surface area contributed by atoms with Crippen molar-refractivity contribution < 1.29 is 24.2 Å². The van der Waals surface area contributed by atoms with Gasteiger partial charge in [-0.3, -0.25) is 4.79 Å². The summed E-state index contributed by atoms with van der Waals surface area (Å²) in [5.74, 6) is -0.390. The SMILES string of the molecule is COC(=O)C(O)CNC(=O)c1cccc2c1OC(C)C2C. The monoisotopic (exact) mass is 293 g/mol. The number of esters is 1. The van der Waals surface area contributed by atoms with Crippen LogP contribution in [0.25, 0.3) is 0 Å². The van der Waals surface area contributed by atoms with Crippen molar-refractivity contribution in [2.24, 2.45) is 0 Å². The maximum absolute atomic E-state index is 12.2. The summed E-state index contributed by atoms with van der Waals surface area (Å²) in [7, 11) is 1.17. The van der Waals surface area contributed by atoms with Crippen molar-refractivity contribution in [3.8, 4) is 5.75 Å². The number of hydrogen-bond donors (Lipinski definition) is 2. The molecule has 3 unspecified atom stereocenters. The molecule has 2 rings (SSSR count). The minimum Gasteiger partial charge on any atom is -0.489 e. The number of methoxy groups -OCH3 is 1. The molecule has 6 heteroatoms. The van der Waals surface area contributed by atoms with Crippen LogP contribution in [-0.4, -0.2) is 42.8 Å². The molecule has 1 amide bonds. The van der Waals surface area contributed by atoms with Crippen LogP contribution in [0.3, 0.4) is 0 Å². The summed E-state index contributed by atoms with van der Waals surface area (Å²) in [5, 5.41) is 12.0. The Morgan fingerprint density at radius 3 is 2.81 bits per heavy atom. The summed E-state index contributed by atoms with van der Waals surface area (Å²) in [4.78, 5) is 23.3. The van der Waals surface area contributed by atoms with Crippen LogP contribution in [-0.2, 0) is 9.53 Å². The Balaban J connectivity index is 2.10. The smallest absolute Gasteiger partial charge is 0.336 e. The molecule has 21 heavy (non-hydrogen) atoms. The summed E-state index contributed by atoms with van der Waals surface area (Å²) in [6.07, 6.45) is -1.37. The van der Waals surface area contributed by atoms with E-state index in [2.05, 4.69) is 10.1 Å². The van der Waals surface area contributed by atoms with Gasteiger partial charge in [-0.25, -0.2) is 4.79 Å². The number of para-hydroxylation sites is 1. The number of nitrogens with one attached hydrogen (secondary N) is 1. The van der Waals surface area contributed by atoms with Crippen molar-refractivity contribution in [1.82, 2.24) is 5.32 Å². The lowest BCUT2D eigenvalue weighted by molar-refractivity contribution is -0.149. The second kappa shape index (κ2) is 6.13. The van der Waals surface area contributed by atoms with E-state index in [1.807, 2.05) is 19.9 Å². The van der Waals surface area contributed by atoms with Crippen molar-refractivity contribution >= 4 is 11.9 Å². The highest BCUT2D eigenvalue weighted by molar-refractivity contribution is 5.97. The number of aliphatic hydroxyl groups is 1. The van der Waals surface area contributed by atoms with Gasteiger partial charge in [0, 0.05) is 11.5 Å². The van der Waals surface area contributed by atoms with E-state index in [4.69, 9.17) is 4.74 Å². The van der Waals surface area contributed by atoms with Crippen molar-refractivity contribution in [1.29, 1.82) is 0 Å². The molecule has 2 N–H and O–H groups in total. The number of aliphatic hydroxyl groups excluding tert-OH is 1. The second-order valence-corrected chi connectivity index (χ2v) is 5.08. The van der Waals surface area contributed by atoms with Gasteiger partial charge >= 0.3 is 5.97 Å². The minimum absolute atomic E-state index is 0.00890. The van der Waals surface area contributed by atoms with E-state index in [1.165, 1.54) is 7.11 Å². The van der Waals surface area contributed by atoms with Gasteiger partial charge in [0.05, 0.1) is 19.2 Å². The molecule has 0 saturated heterocycles. The minimum atomic E-state index is -1.38. The second-order valence-electron chi connectivity index (χ2n) is 5.08. The van der Waals surface area contributed by atoms with E-state index < -0.39 is 18.0 Å². The van der Waals surface area contributed by atoms with Gasteiger partial charge in [-0.15, -0.1) is 0 Å². The molecule has 0 aliphatic carbocycles. The van der Waals surface area contributed by atoms with E-state index in [0.717, 1.165) is 5.56 Å². The molecule has 0 spiro atoms. The van der Waals surface area contributed by atoms with Crippen LogP contribution in [0.1, 0.15) is 35.7 Å². The van der Waals surface area contributed by atoms with Gasteiger partial charge < -0.3 is 19.9 Å². The number of benzene rings is 1. The Morgan fingerprint density at radius 2 is 2.14 bits per heavy atom. The zero-order valence-corrected chi connectivity index (χ0v) is 12.3. The average Bonchev–Trinajstić information content (AvgIpc) is 2.78. The highest BCUT2D eigenvalue weighted by Gasteiger charge is 2.31. The molecule has 0 fully saturated rings. The summed E-state index contributed by atoms with van der Waals surface area (Å²) in [6, 6.07) is 5.38. The van der Waals surface area contributed by atoms with Crippen LogP contribution in [0.15, 0.2) is 18.2 Å². The fourth-order valence-corrected chi connectivity index (χ4v) is 2.27. The molecule has 0 bridgehead atoms. The van der Waals surface area contributed by atoms with E-state index in [1.54, 1.807) is 12.1 Å². The first-order valence-electron chi connectivity index (χ1n) is 6.79. The fourth-order valence-electron chi connectivity index (χ4n) is 2.27. The molecular formula is C15H19NO5. The molecule has 1 heterocycles. The number of ether oxygens (including phenoxy) is 2. The van der Waals surface area contributed by atoms with E-state index in [9.17, 15) is 14.7 Å². The lowest BCUT2D eigenvalue weighted by atomic mass is 9.97. The predicted octanol–water partition coefficient (Wildman–Crippen LogP) is 0.835. The van der Waals surface area contributed by atoms with Gasteiger partial charge in [0.15, 0.2) is 6.10 Å². The molecule has 114 valence electrons. The third-order valence-corrected chi connectivity index (χ3v) is 3.72. The van der Waals surface area contributed by atoms with Crippen LogP contribution in [0, 0.1) is 0 Å². The van der Waals surface area contributed by atoms with E-state index >= 15 is 0 Å². The first-order chi connectivity index (χ1) is 9.95. The third kappa shape index (κ3) is 3.00. The maximum Gasteiger partial charge on any atom is 0.336 e. The maximum atomic E-state index is 12.2. The Morgan fingerprint density at radius 1 is 1.43 bits per heavy atom. The molecule has 1 aliphatic rings. The quantitative estimate of drug-likeness (QED) is 0.803. The molecule has 3 atom stereocenters. The summed E-state index contributed by atoms with van der Waals surface area (Å²) in [6.45, 7) is 3.78. The first kappa shape index (κ1) is 15.3. The lowest BCUT2D eigenvalue weighted by Crippen LogP contribution is -2.37. The number of carbonyl (C=O) groups is 2. The zero-order chi connectivity index (χ0) is 15.6. The van der Waals surface area contributed by atoms with Gasteiger partial charge in [0.1, 0.15) is 11.9 Å². The van der Waals surface area contributed by atoms with Crippen LogP contribution in [0.2, 0.25) is 0 Å². The lowest BCUT2D eigenvalue weighted by Gasteiger charge is -2.12. The molecule has 1 aromatic carbocycles. The summed E-state index contributed by atoms with van der Waals surface area (Å²) < 4.78 is 10.1. The van der Waals surface area contributed by atoms with Gasteiger partial charge in [0.25, 0.3) is 5.91 Å². The largest absolute Gasteiger partial charge is 0.489 e. The van der Waals surface area contributed by atoms with Gasteiger partial charge in [-0.1, -0.05) is 19.1 Å². The van der Waals surface area contributed by atoms with Crippen LogP contribution >= 0.6 is 0 Å². The standard InChI is InChI=1S/C15H19NO5/c1-8-9(2)21-13-10(8)5-4-6-11(13)14(18)16-7-12(17)15(19)20-3/h4-6,8-9,12,17H,7H2,1-3H3,(H,16,18). The third-order valence-electron chi connectivity index (χ3n) is 3.72. The number of rotatable bonds is 4. The fraction of sp³-hybridized carbons (Fsp3) is 0.467.